The number of hydrogen-bond donors (Lipinski definition) is 3. The maximum absolute atomic E-state index is 12.9. The van der Waals surface area contributed by atoms with Gasteiger partial charge in [-0.2, -0.15) is 8.42 Å². The highest BCUT2D eigenvalue weighted by Gasteiger charge is 2.28. The summed E-state index contributed by atoms with van der Waals surface area (Å²) in [7, 11) is -4.04. The summed E-state index contributed by atoms with van der Waals surface area (Å²) in [6.45, 7) is 2.98. The summed E-state index contributed by atoms with van der Waals surface area (Å²) in [5.74, 6) is -0.0707. The highest BCUT2D eigenvalue weighted by Crippen LogP contribution is 2.27. The maximum Gasteiger partial charge on any atom is 0.339 e. The number of H-pyrrole nitrogens is 1. The first-order valence-corrected chi connectivity index (χ1v) is 14.7. The van der Waals surface area contributed by atoms with Crippen LogP contribution in [0.25, 0.3) is 11.0 Å². The van der Waals surface area contributed by atoms with Gasteiger partial charge in [0.15, 0.2) is 0 Å². The Kier molecular flexibility index (Phi) is 7.92. The van der Waals surface area contributed by atoms with Crippen LogP contribution in [0, 0.1) is 5.92 Å². The summed E-state index contributed by atoms with van der Waals surface area (Å²) in [4.78, 5) is 33.7. The monoisotopic (exact) mass is 555 g/mol. The van der Waals surface area contributed by atoms with E-state index in [4.69, 9.17) is 8.92 Å². The van der Waals surface area contributed by atoms with E-state index in [9.17, 15) is 18.0 Å². The van der Waals surface area contributed by atoms with Crippen molar-refractivity contribution in [3.8, 4) is 5.75 Å². The second kappa shape index (κ2) is 11.5. The third-order valence-electron chi connectivity index (χ3n) is 7.16. The molecule has 2 amide bonds. The number of aromatic amines is 1. The molecule has 0 spiro atoms. The van der Waals surface area contributed by atoms with Crippen LogP contribution in [0.4, 0.5) is 16.4 Å². The van der Waals surface area contributed by atoms with E-state index in [2.05, 4.69) is 20.6 Å². The molecular formula is C27H33N5O6S. The zero-order valence-corrected chi connectivity index (χ0v) is 22.6. The van der Waals surface area contributed by atoms with Crippen molar-refractivity contribution >= 4 is 44.8 Å². The maximum atomic E-state index is 12.9. The second-order valence-corrected chi connectivity index (χ2v) is 11.4. The Morgan fingerprint density at radius 3 is 2.46 bits per heavy atom. The molecule has 1 aromatic heterocycles. The highest BCUT2D eigenvalue weighted by molar-refractivity contribution is 7.87. The molecule has 1 aliphatic heterocycles. The third-order valence-corrected chi connectivity index (χ3v) is 8.42. The van der Waals surface area contributed by atoms with E-state index in [0.29, 0.717) is 49.6 Å². The number of esters is 1. The summed E-state index contributed by atoms with van der Waals surface area (Å²) in [6.07, 6.45) is 5.76. The SMILES string of the molecule is CCOC(=O)C1CCN(C(=O)Nc2nc3cc(OS(=O)(=O)c4ccc(NC5CCCC5)cc4)ccc3[nH]2)CC1. The first-order chi connectivity index (χ1) is 18.8. The first-order valence-electron chi connectivity index (χ1n) is 13.3. The lowest BCUT2D eigenvalue weighted by atomic mass is 9.97. The number of carbonyl (C=O) groups excluding carboxylic acids is 2. The van der Waals surface area contributed by atoms with Gasteiger partial charge in [-0.15, -0.1) is 0 Å². The molecule has 0 unspecified atom stereocenters. The normalized spacial score (nSPS) is 16.8. The third kappa shape index (κ3) is 6.44. The van der Waals surface area contributed by atoms with E-state index in [1.54, 1.807) is 30.0 Å². The van der Waals surface area contributed by atoms with E-state index in [0.717, 1.165) is 18.5 Å². The highest BCUT2D eigenvalue weighted by atomic mass is 32.2. The molecule has 12 heteroatoms. The molecule has 2 fully saturated rings. The van der Waals surface area contributed by atoms with Crippen molar-refractivity contribution < 1.29 is 26.9 Å². The minimum absolute atomic E-state index is 0.0567. The fourth-order valence-corrected chi connectivity index (χ4v) is 5.98. The minimum atomic E-state index is -4.04. The van der Waals surface area contributed by atoms with Crippen molar-refractivity contribution in [2.24, 2.45) is 5.92 Å². The Labute approximate surface area is 227 Å². The van der Waals surface area contributed by atoms with Gasteiger partial charge < -0.3 is 24.1 Å². The molecule has 39 heavy (non-hydrogen) atoms. The van der Waals surface area contributed by atoms with Gasteiger partial charge >= 0.3 is 22.1 Å². The Morgan fingerprint density at radius 2 is 1.77 bits per heavy atom. The molecule has 2 aliphatic rings. The van der Waals surface area contributed by atoms with Crippen LogP contribution in [-0.2, 0) is 19.6 Å². The van der Waals surface area contributed by atoms with E-state index < -0.39 is 10.1 Å². The van der Waals surface area contributed by atoms with Gasteiger partial charge in [-0.1, -0.05) is 12.8 Å². The van der Waals surface area contributed by atoms with Gasteiger partial charge in [0, 0.05) is 30.9 Å². The van der Waals surface area contributed by atoms with Crippen molar-refractivity contribution in [3.05, 3.63) is 42.5 Å². The van der Waals surface area contributed by atoms with Gasteiger partial charge in [0.05, 0.1) is 23.6 Å². The smallest absolute Gasteiger partial charge is 0.339 e. The molecule has 11 nitrogen and oxygen atoms in total. The molecule has 0 radical (unpaired) electrons. The lowest BCUT2D eigenvalue weighted by molar-refractivity contribution is -0.149. The fourth-order valence-electron chi connectivity index (χ4n) is 5.05. The number of imidazole rings is 1. The van der Waals surface area contributed by atoms with Gasteiger partial charge in [0.25, 0.3) is 0 Å². The molecular weight excluding hydrogens is 522 g/mol. The van der Waals surface area contributed by atoms with Crippen molar-refractivity contribution in [2.75, 3.05) is 30.3 Å². The van der Waals surface area contributed by atoms with Crippen LogP contribution >= 0.6 is 0 Å². The minimum Gasteiger partial charge on any atom is -0.466 e. The van der Waals surface area contributed by atoms with Crippen LogP contribution in [0.15, 0.2) is 47.4 Å². The van der Waals surface area contributed by atoms with Crippen LogP contribution in [0.2, 0.25) is 0 Å². The number of nitrogens with zero attached hydrogens (tertiary/aromatic N) is 2. The molecule has 5 rings (SSSR count). The Morgan fingerprint density at radius 1 is 1.05 bits per heavy atom. The van der Waals surface area contributed by atoms with Gasteiger partial charge in [-0.25, -0.2) is 9.78 Å². The Hall–Kier alpha value is -3.80. The number of carbonyl (C=O) groups is 2. The van der Waals surface area contributed by atoms with Gasteiger partial charge in [-0.3, -0.25) is 10.1 Å². The molecule has 3 aromatic rings. The summed E-state index contributed by atoms with van der Waals surface area (Å²) in [5, 5.41) is 6.17. The Bertz CT molecular complexity index is 1420. The number of ether oxygens (including phenoxy) is 1. The zero-order valence-electron chi connectivity index (χ0n) is 21.8. The van der Waals surface area contributed by atoms with E-state index in [-0.39, 0.29) is 34.5 Å². The molecule has 1 saturated carbocycles. The van der Waals surface area contributed by atoms with Crippen LogP contribution in [0.3, 0.4) is 0 Å². The number of hydrogen-bond acceptors (Lipinski definition) is 8. The van der Waals surface area contributed by atoms with Gasteiger partial charge in [-0.05, 0) is 69.0 Å². The Balaban J connectivity index is 1.19. The lowest BCUT2D eigenvalue weighted by Gasteiger charge is -2.30. The van der Waals surface area contributed by atoms with Crippen molar-refractivity contribution in [1.29, 1.82) is 0 Å². The molecule has 0 atom stereocenters. The standard InChI is InChI=1S/C27H33N5O6S/c1-2-37-25(33)18-13-15-32(16-14-18)27(34)31-26-29-23-12-9-21(17-24(23)30-26)38-39(35,36)22-10-7-20(8-11-22)28-19-5-3-4-6-19/h7-12,17-19,28H,2-6,13-16H2,1H3,(H2,29,30,31,34). The average Bonchev–Trinajstić information content (AvgIpc) is 3.58. The number of aromatic nitrogens is 2. The largest absolute Gasteiger partial charge is 0.466 e. The molecule has 2 aromatic carbocycles. The van der Waals surface area contributed by atoms with Gasteiger partial charge in [0.1, 0.15) is 10.6 Å². The number of amides is 2. The molecule has 0 bridgehead atoms. The van der Waals surface area contributed by atoms with E-state index in [1.807, 2.05) is 0 Å². The predicted octanol–water partition coefficient (Wildman–Crippen LogP) is 4.49. The summed E-state index contributed by atoms with van der Waals surface area (Å²) >= 11 is 0. The molecule has 1 aliphatic carbocycles. The number of piperidine rings is 1. The zero-order chi connectivity index (χ0) is 27.4. The average molecular weight is 556 g/mol. The predicted molar refractivity (Wildman–Crippen MR) is 146 cm³/mol. The molecule has 1 saturated heterocycles. The van der Waals surface area contributed by atoms with Crippen LogP contribution in [0.5, 0.6) is 5.75 Å². The number of nitrogens with one attached hydrogen (secondary N) is 3. The van der Waals surface area contributed by atoms with Crippen LogP contribution < -0.4 is 14.8 Å². The number of urea groups is 1. The first kappa shape index (κ1) is 26.8. The van der Waals surface area contributed by atoms with Gasteiger partial charge in [0.2, 0.25) is 5.95 Å². The summed E-state index contributed by atoms with van der Waals surface area (Å²) in [5.41, 5.74) is 1.94. The molecule has 3 N–H and O–H groups in total. The lowest BCUT2D eigenvalue weighted by Crippen LogP contribution is -2.42. The van der Waals surface area contributed by atoms with E-state index >= 15 is 0 Å². The number of likely N-dealkylation sites (tertiary alicyclic amines) is 1. The fraction of sp³-hybridized carbons (Fsp3) is 0.444. The molecule has 208 valence electrons. The number of benzene rings is 2. The van der Waals surface area contributed by atoms with Crippen molar-refractivity contribution in [1.82, 2.24) is 14.9 Å². The van der Waals surface area contributed by atoms with Crippen LogP contribution in [0.1, 0.15) is 45.4 Å². The van der Waals surface area contributed by atoms with E-state index in [1.165, 1.54) is 37.1 Å². The number of anilines is 2. The summed E-state index contributed by atoms with van der Waals surface area (Å²) < 4.78 is 36.2. The van der Waals surface area contributed by atoms with Crippen molar-refractivity contribution in [2.45, 2.75) is 56.4 Å². The molecule has 2 heterocycles. The van der Waals surface area contributed by atoms with Crippen LogP contribution in [-0.4, -0.2) is 61.0 Å². The topological polar surface area (TPSA) is 143 Å². The summed E-state index contributed by atoms with van der Waals surface area (Å²) in [6, 6.07) is 11.3. The number of rotatable bonds is 8. The number of fused-ring (bicyclic) bond motifs is 1. The quantitative estimate of drug-likeness (QED) is 0.273. The van der Waals surface area contributed by atoms with Crippen molar-refractivity contribution in [3.63, 3.8) is 0 Å². The second-order valence-electron chi connectivity index (χ2n) is 9.90.